The van der Waals surface area contributed by atoms with Crippen LogP contribution in [0.1, 0.15) is 47.2 Å². The van der Waals surface area contributed by atoms with E-state index >= 15 is 0 Å². The standard InChI is InChI=1S/C76H51NO2/c1-75(51-30-14-6-15-31-51)62-44-53(40-42-56(62)69-64(75)46-60(49-26-10-4-11-27-49)73-71(69)58-35-19-22-38-67(58)78-73)77(66-37-21-18-34-55(66)48-24-8-3-9-25-48)54-41-43-57-63(45-54)76(2,52-32-16-7-17-33-52)65-47-61(50-28-12-5-13-29-50)74-72(70(57)65)59-36-20-23-39-68(59)79-74/h3-47H,1-2H3. The van der Waals surface area contributed by atoms with Crippen LogP contribution in [0.3, 0.4) is 0 Å². The second kappa shape index (κ2) is 17.3. The zero-order valence-electron chi connectivity index (χ0n) is 43.7. The van der Waals surface area contributed by atoms with Gasteiger partial charge in [-0.2, -0.15) is 0 Å². The molecule has 2 aliphatic rings. The molecule has 0 saturated carbocycles. The normalized spacial score (nSPS) is 16.1. The van der Waals surface area contributed by atoms with Crippen LogP contribution in [0.2, 0.25) is 0 Å². The predicted octanol–water partition coefficient (Wildman–Crippen LogP) is 20.6. The first-order valence-corrected chi connectivity index (χ1v) is 27.4. The molecule has 2 aliphatic carbocycles. The summed E-state index contributed by atoms with van der Waals surface area (Å²) in [5, 5.41) is 4.55. The lowest BCUT2D eigenvalue weighted by Gasteiger charge is -2.33. The van der Waals surface area contributed by atoms with Crippen LogP contribution in [-0.2, 0) is 10.8 Å². The minimum Gasteiger partial charge on any atom is -0.455 e. The molecule has 14 aromatic rings. The van der Waals surface area contributed by atoms with Gasteiger partial charge in [-0.15, -0.1) is 0 Å². The van der Waals surface area contributed by atoms with Crippen molar-refractivity contribution in [2.45, 2.75) is 24.7 Å². The van der Waals surface area contributed by atoms with E-state index in [1.165, 1.54) is 55.6 Å². The van der Waals surface area contributed by atoms with Gasteiger partial charge >= 0.3 is 0 Å². The highest BCUT2D eigenvalue weighted by Crippen LogP contribution is 2.61. The van der Waals surface area contributed by atoms with Crippen molar-refractivity contribution in [3.05, 3.63) is 306 Å². The molecule has 0 spiro atoms. The summed E-state index contributed by atoms with van der Waals surface area (Å²) in [5.74, 6) is 0. The summed E-state index contributed by atoms with van der Waals surface area (Å²) in [6.45, 7) is 4.87. The van der Waals surface area contributed by atoms with Gasteiger partial charge in [-0.3, -0.25) is 0 Å². The molecule has 0 radical (unpaired) electrons. The smallest absolute Gasteiger partial charge is 0.143 e. The zero-order chi connectivity index (χ0) is 52.4. The van der Waals surface area contributed by atoms with Crippen molar-refractivity contribution in [2.75, 3.05) is 4.90 Å². The minimum absolute atomic E-state index is 0.552. The average molecular weight is 1010 g/mol. The molecule has 79 heavy (non-hydrogen) atoms. The minimum atomic E-state index is -0.552. The first-order chi connectivity index (χ1) is 39.0. The zero-order valence-corrected chi connectivity index (χ0v) is 43.7. The van der Waals surface area contributed by atoms with Gasteiger partial charge < -0.3 is 13.7 Å². The Bertz CT molecular complexity index is 4470. The highest BCUT2D eigenvalue weighted by molar-refractivity contribution is 6.20. The number of fused-ring (bicyclic) bond motifs is 14. The Balaban J connectivity index is 0.980. The molecule has 3 nitrogen and oxygen atoms in total. The highest BCUT2D eigenvalue weighted by atomic mass is 16.3. The van der Waals surface area contributed by atoms with Crippen molar-refractivity contribution in [1.82, 2.24) is 0 Å². The van der Waals surface area contributed by atoms with Crippen LogP contribution >= 0.6 is 0 Å². The third-order valence-electron chi connectivity index (χ3n) is 17.6. The summed E-state index contributed by atoms with van der Waals surface area (Å²) in [4.78, 5) is 2.52. The second-order valence-corrected chi connectivity index (χ2v) is 21.7. The molecule has 2 unspecified atom stereocenters. The summed E-state index contributed by atoms with van der Waals surface area (Å²) in [7, 11) is 0. The van der Waals surface area contributed by atoms with Gasteiger partial charge in [0.05, 0.1) is 5.69 Å². The fourth-order valence-corrected chi connectivity index (χ4v) is 13.8. The Labute approximate surface area is 458 Å². The molecular formula is C76H51NO2. The monoisotopic (exact) mass is 1010 g/mol. The van der Waals surface area contributed by atoms with E-state index in [2.05, 4.69) is 292 Å². The molecular weight excluding hydrogens is 959 g/mol. The van der Waals surface area contributed by atoms with E-state index < -0.39 is 10.8 Å². The topological polar surface area (TPSA) is 29.5 Å². The number of nitrogens with zero attached hydrogens (tertiary/aromatic N) is 1. The fourth-order valence-electron chi connectivity index (χ4n) is 13.8. The molecule has 12 aromatic carbocycles. The van der Waals surface area contributed by atoms with Crippen molar-refractivity contribution >= 4 is 60.9 Å². The molecule has 0 aliphatic heterocycles. The predicted molar refractivity (Wildman–Crippen MR) is 327 cm³/mol. The van der Waals surface area contributed by atoms with Gasteiger partial charge in [0.25, 0.3) is 0 Å². The van der Waals surface area contributed by atoms with Gasteiger partial charge in [-0.05, 0) is 141 Å². The summed E-state index contributed by atoms with van der Waals surface area (Å²) in [6.07, 6.45) is 0. The van der Waals surface area contributed by atoms with Crippen LogP contribution in [0.15, 0.2) is 282 Å². The molecule has 16 rings (SSSR count). The van der Waals surface area contributed by atoms with E-state index in [-0.39, 0.29) is 0 Å². The van der Waals surface area contributed by atoms with Gasteiger partial charge in [0, 0.05) is 60.4 Å². The van der Waals surface area contributed by atoms with E-state index in [4.69, 9.17) is 8.83 Å². The molecule has 0 saturated heterocycles. The van der Waals surface area contributed by atoms with E-state index in [1.807, 2.05) is 0 Å². The Morgan fingerprint density at radius 3 is 1.11 bits per heavy atom. The SMILES string of the molecule is CC1(c2ccccc2)c2cc(N(c3ccc4c(c3)C(C)(c3ccccc3)c3cc(-c5ccccc5)c5oc6ccccc6c5c3-4)c3ccccc3-c3ccccc3)ccc2-c2c1cc(-c1ccccc1)c1oc3ccccc3c21. The van der Waals surface area contributed by atoms with E-state index in [0.717, 1.165) is 94.3 Å². The van der Waals surface area contributed by atoms with Crippen LogP contribution < -0.4 is 4.90 Å². The van der Waals surface area contributed by atoms with E-state index in [1.54, 1.807) is 0 Å². The average Bonchev–Trinajstić information content (AvgIpc) is 4.41. The van der Waals surface area contributed by atoms with Crippen LogP contribution in [0.4, 0.5) is 17.1 Å². The molecule has 2 atom stereocenters. The third kappa shape index (κ3) is 6.54. The van der Waals surface area contributed by atoms with Crippen molar-refractivity contribution in [3.63, 3.8) is 0 Å². The summed E-state index contributed by atoms with van der Waals surface area (Å²) >= 11 is 0. The molecule has 0 N–H and O–H groups in total. The van der Waals surface area contributed by atoms with Gasteiger partial charge in [0.2, 0.25) is 0 Å². The molecule has 3 heteroatoms. The summed E-state index contributed by atoms with van der Waals surface area (Å²) < 4.78 is 13.9. The maximum atomic E-state index is 6.95. The number of para-hydroxylation sites is 3. The van der Waals surface area contributed by atoms with Crippen LogP contribution in [0, 0.1) is 0 Å². The van der Waals surface area contributed by atoms with Crippen LogP contribution in [0.25, 0.3) is 99.5 Å². The van der Waals surface area contributed by atoms with Crippen molar-refractivity contribution in [1.29, 1.82) is 0 Å². The summed E-state index contributed by atoms with van der Waals surface area (Å²) in [6, 6.07) is 99.8. The molecule has 2 heterocycles. The molecule has 2 aromatic heterocycles. The molecule has 372 valence electrons. The van der Waals surface area contributed by atoms with Gasteiger partial charge in [-0.1, -0.05) is 218 Å². The number of anilines is 3. The third-order valence-corrected chi connectivity index (χ3v) is 17.6. The quantitative estimate of drug-likeness (QED) is 0.152. The van der Waals surface area contributed by atoms with Crippen molar-refractivity contribution < 1.29 is 8.83 Å². The lowest BCUT2D eigenvalue weighted by molar-refractivity contribution is 0.668. The Morgan fingerprint density at radius 1 is 0.304 bits per heavy atom. The fraction of sp³-hybridized carbons (Fsp3) is 0.0526. The number of furan rings is 2. The number of benzene rings is 12. The van der Waals surface area contributed by atoms with E-state index in [0.29, 0.717) is 0 Å². The molecule has 0 bridgehead atoms. The van der Waals surface area contributed by atoms with Crippen LogP contribution in [0.5, 0.6) is 0 Å². The maximum Gasteiger partial charge on any atom is 0.143 e. The number of hydrogen-bond acceptors (Lipinski definition) is 3. The highest BCUT2D eigenvalue weighted by Gasteiger charge is 2.46. The summed E-state index contributed by atoms with van der Waals surface area (Å²) in [5.41, 5.74) is 24.8. The van der Waals surface area contributed by atoms with Crippen molar-refractivity contribution in [2.24, 2.45) is 0 Å². The lowest BCUT2D eigenvalue weighted by atomic mass is 9.73. The Hall–Kier alpha value is -9.96. The van der Waals surface area contributed by atoms with Crippen molar-refractivity contribution in [3.8, 4) is 55.6 Å². The molecule has 0 amide bonds. The second-order valence-electron chi connectivity index (χ2n) is 21.7. The Kier molecular flexibility index (Phi) is 9.90. The van der Waals surface area contributed by atoms with Gasteiger partial charge in [0.1, 0.15) is 22.3 Å². The number of rotatable bonds is 8. The first kappa shape index (κ1) is 45.3. The van der Waals surface area contributed by atoms with E-state index in [9.17, 15) is 0 Å². The van der Waals surface area contributed by atoms with Crippen LogP contribution in [-0.4, -0.2) is 0 Å². The number of hydrogen-bond donors (Lipinski definition) is 0. The Morgan fingerprint density at radius 2 is 0.671 bits per heavy atom. The first-order valence-electron chi connectivity index (χ1n) is 27.4. The molecule has 0 fully saturated rings. The van der Waals surface area contributed by atoms with Gasteiger partial charge in [0.15, 0.2) is 0 Å². The maximum absolute atomic E-state index is 6.95. The lowest BCUT2D eigenvalue weighted by Crippen LogP contribution is -2.24. The largest absolute Gasteiger partial charge is 0.455 e. The van der Waals surface area contributed by atoms with Gasteiger partial charge in [-0.25, -0.2) is 0 Å².